The van der Waals surface area contributed by atoms with Crippen LogP contribution in [0.15, 0.2) is 35.6 Å². The van der Waals surface area contributed by atoms with Gasteiger partial charge < -0.3 is 11.1 Å². The van der Waals surface area contributed by atoms with Gasteiger partial charge in [-0.2, -0.15) is 0 Å². The van der Waals surface area contributed by atoms with Crippen LogP contribution >= 0.6 is 0 Å². The molecular formula is C24H31N5O. The fourth-order valence-corrected chi connectivity index (χ4v) is 3.86. The summed E-state index contributed by atoms with van der Waals surface area (Å²) in [4.78, 5) is 25.8. The number of nitrogens with two attached hydrogens (primary N) is 1. The maximum atomic E-state index is 12.8. The Bertz CT molecular complexity index is 941. The van der Waals surface area contributed by atoms with Gasteiger partial charge in [0, 0.05) is 43.0 Å². The quantitative estimate of drug-likeness (QED) is 0.716. The van der Waals surface area contributed by atoms with Gasteiger partial charge in [-0.05, 0) is 61.9 Å². The molecule has 0 bridgehead atoms. The molecule has 2 aromatic heterocycles. The zero-order valence-electron chi connectivity index (χ0n) is 18.1. The summed E-state index contributed by atoms with van der Waals surface area (Å²) < 4.78 is 0. The van der Waals surface area contributed by atoms with Crippen molar-refractivity contribution >= 4 is 17.7 Å². The van der Waals surface area contributed by atoms with Gasteiger partial charge in [0.05, 0.1) is 5.69 Å². The minimum atomic E-state index is -0.0729. The first kappa shape index (κ1) is 21.7. The normalized spacial score (nSPS) is 15.5. The van der Waals surface area contributed by atoms with E-state index in [-0.39, 0.29) is 11.9 Å². The molecule has 0 unspecified atom stereocenters. The number of carbonyl (C=O) groups is 1. The molecule has 1 aliphatic carbocycles. The van der Waals surface area contributed by atoms with Crippen LogP contribution in [0.2, 0.25) is 0 Å². The lowest BCUT2D eigenvalue weighted by molar-refractivity contribution is 0.0922. The summed E-state index contributed by atoms with van der Waals surface area (Å²) in [6.07, 6.45) is 11.5. The van der Waals surface area contributed by atoms with E-state index in [9.17, 15) is 4.79 Å². The molecule has 1 aliphatic rings. The standard InChI is InChI=1S/C24H31N5O/c1-16-17(2)28-23(24(30)29-21-7-5-4-6-8-21)12-19(16)11-18-9-10-22(27-14-18)20(13-25)15-26-3/h9-10,12-15,21H,4-8,11,25H2,1-3H3,(H,29,30). The smallest absolute Gasteiger partial charge is 0.270 e. The molecule has 6 heteroatoms. The average Bonchev–Trinajstić information content (AvgIpc) is 2.76. The third kappa shape index (κ3) is 5.32. The van der Waals surface area contributed by atoms with Gasteiger partial charge in [0.2, 0.25) is 0 Å². The van der Waals surface area contributed by atoms with E-state index in [2.05, 4.69) is 27.2 Å². The Morgan fingerprint density at radius 2 is 2.00 bits per heavy atom. The second-order valence-corrected chi connectivity index (χ2v) is 7.92. The molecule has 0 aromatic carbocycles. The van der Waals surface area contributed by atoms with E-state index in [1.807, 2.05) is 31.3 Å². The Morgan fingerprint density at radius 1 is 1.23 bits per heavy atom. The molecule has 0 aliphatic heterocycles. The van der Waals surface area contributed by atoms with Crippen molar-refractivity contribution in [1.82, 2.24) is 15.3 Å². The highest BCUT2D eigenvalue weighted by atomic mass is 16.1. The van der Waals surface area contributed by atoms with Crippen molar-refractivity contribution in [2.45, 2.75) is 58.4 Å². The molecule has 30 heavy (non-hydrogen) atoms. The van der Waals surface area contributed by atoms with Gasteiger partial charge in [0.1, 0.15) is 5.69 Å². The minimum Gasteiger partial charge on any atom is -0.404 e. The van der Waals surface area contributed by atoms with E-state index < -0.39 is 0 Å². The number of nitrogens with one attached hydrogen (secondary N) is 1. The summed E-state index contributed by atoms with van der Waals surface area (Å²) in [5.41, 5.74) is 11.9. The fourth-order valence-electron chi connectivity index (χ4n) is 3.86. The molecule has 0 radical (unpaired) electrons. The summed E-state index contributed by atoms with van der Waals surface area (Å²) in [6.45, 7) is 4.01. The van der Waals surface area contributed by atoms with Crippen LogP contribution in [-0.4, -0.2) is 35.2 Å². The number of aromatic nitrogens is 2. The summed E-state index contributed by atoms with van der Waals surface area (Å²) in [7, 11) is 1.70. The van der Waals surface area contributed by atoms with Crippen LogP contribution < -0.4 is 11.1 Å². The van der Waals surface area contributed by atoms with E-state index in [0.29, 0.717) is 12.1 Å². The SMILES string of the molecule is CN=CC(=CN)c1ccc(Cc2cc(C(=O)NC3CCCCC3)nc(C)c2C)cn1. The summed E-state index contributed by atoms with van der Waals surface area (Å²) >= 11 is 0. The number of rotatable bonds is 6. The van der Waals surface area contributed by atoms with Crippen molar-refractivity contribution in [2.24, 2.45) is 10.7 Å². The Labute approximate surface area is 178 Å². The first-order valence-corrected chi connectivity index (χ1v) is 10.6. The van der Waals surface area contributed by atoms with Gasteiger partial charge in [0.15, 0.2) is 0 Å². The molecule has 1 saturated carbocycles. The molecule has 158 valence electrons. The Balaban J connectivity index is 1.78. The largest absolute Gasteiger partial charge is 0.404 e. The van der Waals surface area contributed by atoms with Crippen molar-refractivity contribution in [1.29, 1.82) is 0 Å². The predicted octanol–water partition coefficient (Wildman–Crippen LogP) is 3.75. The Hall–Kier alpha value is -3.02. The van der Waals surface area contributed by atoms with Crippen LogP contribution in [-0.2, 0) is 6.42 Å². The number of allylic oxidation sites excluding steroid dienone is 1. The maximum absolute atomic E-state index is 12.8. The fraction of sp³-hybridized carbons (Fsp3) is 0.417. The number of aryl methyl sites for hydroxylation is 1. The number of nitrogens with zero attached hydrogens (tertiary/aromatic N) is 3. The average molecular weight is 406 g/mol. The highest BCUT2D eigenvalue weighted by Crippen LogP contribution is 2.20. The number of aliphatic imine (C=N–C) groups is 1. The molecule has 1 fully saturated rings. The molecule has 3 rings (SSSR count). The topological polar surface area (TPSA) is 93.3 Å². The third-order valence-electron chi connectivity index (χ3n) is 5.76. The first-order chi connectivity index (χ1) is 14.5. The Kier molecular flexibility index (Phi) is 7.33. The number of hydrogen-bond acceptors (Lipinski definition) is 5. The third-order valence-corrected chi connectivity index (χ3v) is 5.76. The van der Waals surface area contributed by atoms with Gasteiger partial charge >= 0.3 is 0 Å². The molecule has 0 saturated heterocycles. The molecule has 0 spiro atoms. The second-order valence-electron chi connectivity index (χ2n) is 7.92. The van der Waals surface area contributed by atoms with E-state index in [0.717, 1.165) is 46.5 Å². The predicted molar refractivity (Wildman–Crippen MR) is 122 cm³/mol. The summed E-state index contributed by atoms with van der Waals surface area (Å²) in [5, 5.41) is 3.17. The van der Waals surface area contributed by atoms with Crippen molar-refractivity contribution in [3.8, 4) is 0 Å². The number of amides is 1. The van der Waals surface area contributed by atoms with Gasteiger partial charge in [-0.25, -0.2) is 4.98 Å². The van der Waals surface area contributed by atoms with E-state index in [1.165, 1.54) is 25.5 Å². The van der Waals surface area contributed by atoms with Crippen LogP contribution in [0.4, 0.5) is 0 Å². The van der Waals surface area contributed by atoms with Gasteiger partial charge in [-0.1, -0.05) is 25.3 Å². The van der Waals surface area contributed by atoms with Gasteiger partial charge in [-0.3, -0.25) is 14.8 Å². The molecule has 2 heterocycles. The number of hydrogen-bond donors (Lipinski definition) is 2. The lowest BCUT2D eigenvalue weighted by Crippen LogP contribution is -2.36. The zero-order valence-corrected chi connectivity index (χ0v) is 18.1. The first-order valence-electron chi connectivity index (χ1n) is 10.6. The van der Waals surface area contributed by atoms with E-state index in [4.69, 9.17) is 5.73 Å². The van der Waals surface area contributed by atoms with Crippen LogP contribution in [0, 0.1) is 13.8 Å². The van der Waals surface area contributed by atoms with E-state index >= 15 is 0 Å². The molecular weight excluding hydrogens is 374 g/mol. The van der Waals surface area contributed by atoms with Gasteiger partial charge in [0.25, 0.3) is 5.91 Å². The maximum Gasteiger partial charge on any atom is 0.270 e. The highest BCUT2D eigenvalue weighted by molar-refractivity contribution is 6.08. The minimum absolute atomic E-state index is 0.0729. The summed E-state index contributed by atoms with van der Waals surface area (Å²) in [6, 6.07) is 6.16. The number of carbonyl (C=O) groups excluding carboxylic acids is 1. The monoisotopic (exact) mass is 405 g/mol. The van der Waals surface area contributed by atoms with Crippen molar-refractivity contribution in [2.75, 3.05) is 7.05 Å². The molecule has 3 N–H and O–H groups in total. The van der Waals surface area contributed by atoms with Crippen LogP contribution in [0.1, 0.15) is 70.7 Å². The summed E-state index contributed by atoms with van der Waals surface area (Å²) in [5.74, 6) is -0.0729. The molecule has 2 aromatic rings. The lowest BCUT2D eigenvalue weighted by atomic mass is 9.95. The molecule has 0 atom stereocenters. The van der Waals surface area contributed by atoms with Crippen molar-refractivity contribution in [3.63, 3.8) is 0 Å². The Morgan fingerprint density at radius 3 is 2.63 bits per heavy atom. The van der Waals surface area contributed by atoms with Crippen molar-refractivity contribution < 1.29 is 4.79 Å². The van der Waals surface area contributed by atoms with Gasteiger partial charge in [-0.15, -0.1) is 0 Å². The van der Waals surface area contributed by atoms with E-state index in [1.54, 1.807) is 13.3 Å². The van der Waals surface area contributed by atoms with Crippen molar-refractivity contribution in [3.05, 3.63) is 64.4 Å². The van der Waals surface area contributed by atoms with Crippen LogP contribution in [0.25, 0.3) is 5.57 Å². The zero-order chi connectivity index (χ0) is 21.5. The van der Waals surface area contributed by atoms with Crippen LogP contribution in [0.5, 0.6) is 0 Å². The van der Waals surface area contributed by atoms with Crippen LogP contribution in [0.3, 0.4) is 0 Å². The highest BCUT2D eigenvalue weighted by Gasteiger charge is 2.19. The second kappa shape index (κ2) is 10.1. The lowest BCUT2D eigenvalue weighted by Gasteiger charge is -2.23. The molecule has 6 nitrogen and oxygen atoms in total. The number of pyridine rings is 2. The molecule has 1 amide bonds.